The van der Waals surface area contributed by atoms with E-state index in [0.717, 1.165) is 6.26 Å². The van der Waals surface area contributed by atoms with Crippen molar-refractivity contribution in [1.82, 2.24) is 0 Å². The first-order chi connectivity index (χ1) is 6.75. The number of sulfone groups is 1. The number of carbonyl (C=O) groups excluding carboxylic acids is 1. The third kappa shape index (κ3) is 2.18. The van der Waals surface area contributed by atoms with Crippen LogP contribution in [0.25, 0.3) is 0 Å². The van der Waals surface area contributed by atoms with Crippen molar-refractivity contribution in [2.75, 3.05) is 6.26 Å². The third-order valence-electron chi connectivity index (χ3n) is 2.36. The molecule has 0 aromatic heterocycles. The molecule has 0 aliphatic heterocycles. The summed E-state index contributed by atoms with van der Waals surface area (Å²) in [5.74, 6) is -1.30. The second kappa shape index (κ2) is 3.66. The molecule has 0 heterocycles. The Morgan fingerprint density at radius 1 is 1.20 bits per heavy atom. The van der Waals surface area contributed by atoms with Gasteiger partial charge < -0.3 is 9.90 Å². The molecule has 1 aromatic rings. The van der Waals surface area contributed by atoms with Crippen LogP contribution in [0.4, 0.5) is 0 Å². The number of carboxylic acids is 1. The second-order valence-corrected chi connectivity index (χ2v) is 5.41. The molecule has 0 aliphatic rings. The van der Waals surface area contributed by atoms with Gasteiger partial charge in [-0.05, 0) is 31.0 Å². The molecular weight excluding hydrogens is 216 g/mol. The zero-order valence-corrected chi connectivity index (χ0v) is 9.51. The van der Waals surface area contributed by atoms with Crippen LogP contribution >= 0.6 is 0 Å². The fraction of sp³-hybridized carbons (Fsp3) is 0.300. The molecule has 0 fully saturated rings. The summed E-state index contributed by atoms with van der Waals surface area (Å²) in [7, 11) is -3.31. The van der Waals surface area contributed by atoms with Crippen molar-refractivity contribution in [2.24, 2.45) is 0 Å². The minimum Gasteiger partial charge on any atom is -0.545 e. The molecule has 4 nitrogen and oxygen atoms in total. The van der Waals surface area contributed by atoms with Crippen LogP contribution in [0.15, 0.2) is 17.0 Å². The smallest absolute Gasteiger partial charge is 0.175 e. The molecule has 5 heteroatoms. The Morgan fingerprint density at radius 3 is 2.13 bits per heavy atom. The highest BCUT2D eigenvalue weighted by atomic mass is 32.2. The molecule has 1 rings (SSSR count). The van der Waals surface area contributed by atoms with Crippen molar-refractivity contribution in [3.8, 4) is 0 Å². The predicted molar refractivity (Wildman–Crippen MR) is 53.4 cm³/mol. The second-order valence-electron chi connectivity index (χ2n) is 3.42. The van der Waals surface area contributed by atoms with Gasteiger partial charge in [-0.15, -0.1) is 0 Å². The van der Waals surface area contributed by atoms with E-state index < -0.39 is 15.8 Å². The Hall–Kier alpha value is -1.36. The topological polar surface area (TPSA) is 74.3 Å². The van der Waals surface area contributed by atoms with Crippen molar-refractivity contribution in [3.05, 3.63) is 28.8 Å². The van der Waals surface area contributed by atoms with Gasteiger partial charge in [-0.2, -0.15) is 0 Å². The van der Waals surface area contributed by atoms with Gasteiger partial charge in [-0.25, -0.2) is 8.42 Å². The first kappa shape index (κ1) is 11.7. The minimum absolute atomic E-state index is 0.0277. The molecule has 15 heavy (non-hydrogen) atoms. The van der Waals surface area contributed by atoms with E-state index in [-0.39, 0.29) is 10.5 Å². The van der Waals surface area contributed by atoms with Crippen LogP contribution in [0.1, 0.15) is 21.5 Å². The Morgan fingerprint density at radius 2 is 1.73 bits per heavy atom. The summed E-state index contributed by atoms with van der Waals surface area (Å²) in [5, 5.41) is 10.7. The monoisotopic (exact) mass is 227 g/mol. The van der Waals surface area contributed by atoms with Gasteiger partial charge in [0.05, 0.1) is 10.9 Å². The fourth-order valence-electron chi connectivity index (χ4n) is 1.42. The number of carbonyl (C=O) groups is 1. The van der Waals surface area contributed by atoms with E-state index in [0.29, 0.717) is 11.1 Å². The van der Waals surface area contributed by atoms with Crippen molar-refractivity contribution >= 4 is 15.8 Å². The maximum absolute atomic E-state index is 11.3. The van der Waals surface area contributed by atoms with Crippen LogP contribution in [-0.4, -0.2) is 20.6 Å². The van der Waals surface area contributed by atoms with Gasteiger partial charge in [-0.1, -0.05) is 6.07 Å². The number of hydrogen-bond acceptors (Lipinski definition) is 4. The first-order valence-corrected chi connectivity index (χ1v) is 6.16. The molecule has 0 unspecified atom stereocenters. The number of hydrogen-bond donors (Lipinski definition) is 0. The minimum atomic E-state index is -3.31. The number of rotatable bonds is 2. The zero-order chi connectivity index (χ0) is 11.8. The van der Waals surface area contributed by atoms with Crippen molar-refractivity contribution in [2.45, 2.75) is 18.7 Å². The Balaban J connectivity index is 3.55. The van der Waals surface area contributed by atoms with E-state index in [4.69, 9.17) is 0 Å². The highest BCUT2D eigenvalue weighted by Crippen LogP contribution is 2.21. The van der Waals surface area contributed by atoms with Gasteiger partial charge in [0.2, 0.25) is 0 Å². The van der Waals surface area contributed by atoms with Crippen LogP contribution in [0.5, 0.6) is 0 Å². The number of carboxylic acid groups (broad SMARTS) is 1. The quantitative estimate of drug-likeness (QED) is 0.716. The molecule has 0 radical (unpaired) electrons. The standard InChI is InChI=1S/C10H12O4S/c1-6-7(2)9(15(3,13)14)5-4-8(6)10(11)12/h4-5H,1-3H3,(H,11,12)/p-1. The van der Waals surface area contributed by atoms with Crippen molar-refractivity contribution in [3.63, 3.8) is 0 Å². The summed E-state index contributed by atoms with van der Waals surface area (Å²) in [5.41, 5.74) is 0.914. The average molecular weight is 227 g/mol. The number of benzene rings is 1. The molecule has 1 aromatic carbocycles. The number of aromatic carboxylic acids is 1. The molecule has 0 aliphatic carbocycles. The largest absolute Gasteiger partial charge is 0.545 e. The molecule has 0 amide bonds. The van der Waals surface area contributed by atoms with E-state index in [1.807, 2.05) is 0 Å². The van der Waals surface area contributed by atoms with E-state index >= 15 is 0 Å². The highest BCUT2D eigenvalue weighted by Gasteiger charge is 2.14. The molecule has 0 saturated carbocycles. The van der Waals surface area contributed by atoms with Crippen LogP contribution in [-0.2, 0) is 9.84 Å². The van der Waals surface area contributed by atoms with Crippen molar-refractivity contribution in [1.29, 1.82) is 0 Å². The summed E-state index contributed by atoms with van der Waals surface area (Å²) in [4.78, 5) is 10.8. The van der Waals surface area contributed by atoms with Crippen molar-refractivity contribution < 1.29 is 18.3 Å². The summed E-state index contributed by atoms with van der Waals surface area (Å²) in [6.45, 7) is 3.15. The summed E-state index contributed by atoms with van der Waals surface area (Å²) in [6, 6.07) is 2.55. The van der Waals surface area contributed by atoms with E-state index in [2.05, 4.69) is 0 Å². The SMILES string of the molecule is Cc1c(C(=O)[O-])ccc(S(C)(=O)=O)c1C. The molecule has 0 spiro atoms. The van der Waals surface area contributed by atoms with E-state index in [1.165, 1.54) is 12.1 Å². The maximum Gasteiger partial charge on any atom is 0.175 e. The predicted octanol–water partition coefficient (Wildman–Crippen LogP) is 0.0704. The zero-order valence-electron chi connectivity index (χ0n) is 8.70. The Kier molecular flexibility index (Phi) is 2.86. The lowest BCUT2D eigenvalue weighted by atomic mass is 10.0. The van der Waals surface area contributed by atoms with Gasteiger partial charge in [0.1, 0.15) is 0 Å². The van der Waals surface area contributed by atoms with Crippen LogP contribution < -0.4 is 5.11 Å². The molecule has 82 valence electrons. The third-order valence-corrected chi connectivity index (χ3v) is 3.60. The summed E-state index contributed by atoms with van der Waals surface area (Å²) < 4.78 is 22.6. The van der Waals surface area contributed by atoms with Gasteiger partial charge in [0.15, 0.2) is 9.84 Å². The normalized spacial score (nSPS) is 11.4. The Bertz CT molecular complexity index is 514. The first-order valence-electron chi connectivity index (χ1n) is 4.26. The maximum atomic E-state index is 11.3. The summed E-state index contributed by atoms with van der Waals surface area (Å²) >= 11 is 0. The molecule has 0 bridgehead atoms. The van der Waals surface area contributed by atoms with Crippen LogP contribution in [0.3, 0.4) is 0 Å². The lowest BCUT2D eigenvalue weighted by Gasteiger charge is -2.12. The van der Waals surface area contributed by atoms with Gasteiger partial charge in [0.25, 0.3) is 0 Å². The highest BCUT2D eigenvalue weighted by molar-refractivity contribution is 7.90. The lowest BCUT2D eigenvalue weighted by Crippen LogP contribution is -2.24. The van der Waals surface area contributed by atoms with Gasteiger partial charge >= 0.3 is 0 Å². The lowest BCUT2D eigenvalue weighted by molar-refractivity contribution is -0.255. The van der Waals surface area contributed by atoms with E-state index in [1.54, 1.807) is 13.8 Å². The fourth-order valence-corrected chi connectivity index (χ4v) is 2.44. The molecule has 0 N–H and O–H groups in total. The van der Waals surface area contributed by atoms with Gasteiger partial charge in [-0.3, -0.25) is 0 Å². The average Bonchev–Trinajstić information content (AvgIpc) is 2.06. The van der Waals surface area contributed by atoms with Crippen LogP contribution in [0.2, 0.25) is 0 Å². The summed E-state index contributed by atoms with van der Waals surface area (Å²) in [6.07, 6.45) is 1.09. The van der Waals surface area contributed by atoms with Crippen LogP contribution in [0, 0.1) is 13.8 Å². The molecule has 0 saturated heterocycles. The van der Waals surface area contributed by atoms with E-state index in [9.17, 15) is 18.3 Å². The Labute approximate surface area is 88.5 Å². The molecule has 0 atom stereocenters. The van der Waals surface area contributed by atoms with Gasteiger partial charge in [0, 0.05) is 11.8 Å². The molecular formula is C10H11O4S-.